The summed E-state index contributed by atoms with van der Waals surface area (Å²) in [6, 6.07) is 10.8. The number of thioether (sulfide) groups is 1. The number of rotatable bonds is 8. The smallest absolute Gasteiger partial charge is 0.328 e. The highest BCUT2D eigenvalue weighted by Gasteiger charge is 2.34. The average Bonchev–Trinajstić information content (AvgIpc) is 3.26. The number of aryl methyl sites for hydroxylation is 1. The van der Waals surface area contributed by atoms with Crippen LogP contribution in [0.4, 0.5) is 5.69 Å². The highest BCUT2D eigenvalue weighted by Crippen LogP contribution is 2.38. The van der Waals surface area contributed by atoms with Gasteiger partial charge in [-0.3, -0.25) is 29.1 Å². The summed E-state index contributed by atoms with van der Waals surface area (Å²) >= 11 is 1.01. The van der Waals surface area contributed by atoms with E-state index in [1.165, 1.54) is 14.2 Å². The standard InChI is InChI=1S/C25H25N5O7S.C2H4O2/c1-12-4-6-13(7-5-12)26-18(31)11-17-21(32)30-25(38-17)27-20(19-22(33)28-24(35)29-23(19)34)15-10-14(36-2)8-9-16(15)37-3;1-2(3)4/h4-10,17,20H,11H2,1-3H3,(H,26,31)(H,27,30,32)(H3,28,29,33,34,35);1H3,(H,3,4). The van der Waals surface area contributed by atoms with Crippen LogP contribution in [0.5, 0.6) is 17.4 Å². The van der Waals surface area contributed by atoms with Crippen LogP contribution in [0.2, 0.25) is 0 Å². The Morgan fingerprint density at radius 2 is 1.74 bits per heavy atom. The molecule has 4 rings (SSSR count). The van der Waals surface area contributed by atoms with Crippen LogP contribution in [0, 0.1) is 6.92 Å². The third-order valence-corrected chi connectivity index (χ3v) is 6.79. The third-order valence-electron chi connectivity index (χ3n) is 5.69. The monoisotopic (exact) mass is 599 g/mol. The maximum atomic E-state index is 12.7. The highest BCUT2D eigenvalue weighted by molar-refractivity contribution is 8.15. The molecule has 3 aromatic rings. The second-order valence-corrected chi connectivity index (χ2v) is 10.0. The fourth-order valence-electron chi connectivity index (χ4n) is 3.82. The molecule has 14 nitrogen and oxygen atoms in total. The van der Waals surface area contributed by atoms with Gasteiger partial charge in [0.25, 0.3) is 11.5 Å². The van der Waals surface area contributed by atoms with Gasteiger partial charge in [-0.05, 0) is 37.3 Å². The van der Waals surface area contributed by atoms with Crippen molar-refractivity contribution < 1.29 is 34.1 Å². The minimum absolute atomic E-state index is 0.114. The van der Waals surface area contributed by atoms with Crippen molar-refractivity contribution in [2.24, 2.45) is 4.99 Å². The molecule has 2 amide bonds. The first-order chi connectivity index (χ1) is 19.9. The number of anilines is 1. The minimum atomic E-state index is -1.22. The molecule has 1 saturated heterocycles. The maximum Gasteiger partial charge on any atom is 0.328 e. The number of aliphatic imine (C=N–C) groups is 1. The zero-order valence-electron chi connectivity index (χ0n) is 23.0. The van der Waals surface area contributed by atoms with Gasteiger partial charge >= 0.3 is 5.69 Å². The van der Waals surface area contributed by atoms with E-state index in [4.69, 9.17) is 19.4 Å². The number of carbonyl (C=O) groups is 3. The first-order valence-electron chi connectivity index (χ1n) is 12.3. The molecule has 2 atom stereocenters. The van der Waals surface area contributed by atoms with Crippen molar-refractivity contribution in [1.82, 2.24) is 15.3 Å². The van der Waals surface area contributed by atoms with Gasteiger partial charge in [0, 0.05) is 24.6 Å². The van der Waals surface area contributed by atoms with Crippen LogP contribution in [0.3, 0.4) is 0 Å². The van der Waals surface area contributed by atoms with Gasteiger partial charge < -0.3 is 30.3 Å². The highest BCUT2D eigenvalue weighted by atomic mass is 32.2. The van der Waals surface area contributed by atoms with Crippen LogP contribution in [0.1, 0.15) is 36.1 Å². The van der Waals surface area contributed by atoms with Gasteiger partial charge in [-0.25, -0.2) is 9.79 Å². The predicted octanol–water partition coefficient (Wildman–Crippen LogP) is 1.89. The van der Waals surface area contributed by atoms with Gasteiger partial charge in [0.2, 0.25) is 17.7 Å². The van der Waals surface area contributed by atoms with Crippen LogP contribution in [-0.2, 0) is 14.4 Å². The summed E-state index contributed by atoms with van der Waals surface area (Å²) in [7, 11) is 2.87. The van der Waals surface area contributed by atoms with Crippen LogP contribution in [0.15, 0.2) is 57.0 Å². The molecule has 6 N–H and O–H groups in total. The Morgan fingerprint density at radius 3 is 2.33 bits per heavy atom. The predicted molar refractivity (Wildman–Crippen MR) is 155 cm³/mol. The van der Waals surface area contributed by atoms with Crippen molar-refractivity contribution in [2.45, 2.75) is 31.6 Å². The SMILES string of the molecule is CC(=O)O.COc1ccc(OC)c(C(N=C2NC(=O)C(CC(=O)Nc3ccc(C)cc3)S2)c2c(O)[nH]c(=O)[nH]c2=O)c1. The van der Waals surface area contributed by atoms with Gasteiger partial charge in [-0.2, -0.15) is 0 Å². The number of carbonyl (C=O) groups excluding carboxylic acids is 2. The van der Waals surface area contributed by atoms with Gasteiger partial charge in [-0.1, -0.05) is 29.5 Å². The number of ether oxygens (including phenoxy) is 2. The Hall–Kier alpha value is -5.05. The topological polar surface area (TPSA) is 212 Å². The lowest BCUT2D eigenvalue weighted by Gasteiger charge is -2.18. The molecule has 1 fully saturated rings. The Morgan fingerprint density at radius 1 is 1.07 bits per heavy atom. The molecule has 2 aromatic carbocycles. The number of H-pyrrole nitrogens is 2. The first-order valence-corrected chi connectivity index (χ1v) is 13.2. The summed E-state index contributed by atoms with van der Waals surface area (Å²) in [5.41, 5.74) is -0.0843. The summed E-state index contributed by atoms with van der Waals surface area (Å²) in [4.78, 5) is 67.4. The fourth-order valence-corrected chi connectivity index (χ4v) is 4.81. The maximum absolute atomic E-state index is 12.7. The number of carboxylic acids is 1. The van der Waals surface area contributed by atoms with E-state index in [2.05, 4.69) is 25.6 Å². The molecule has 2 heterocycles. The number of nitrogens with one attached hydrogen (secondary N) is 4. The normalized spacial score (nSPS) is 15.7. The van der Waals surface area contributed by atoms with E-state index in [1.54, 1.807) is 30.3 Å². The third kappa shape index (κ3) is 8.23. The summed E-state index contributed by atoms with van der Waals surface area (Å²) in [6.45, 7) is 3.01. The lowest BCUT2D eigenvalue weighted by atomic mass is 9.99. The van der Waals surface area contributed by atoms with Crippen molar-refractivity contribution in [3.05, 3.63) is 80.0 Å². The van der Waals surface area contributed by atoms with E-state index in [0.29, 0.717) is 22.7 Å². The molecule has 1 aromatic heterocycles. The quantitative estimate of drug-likeness (QED) is 0.221. The molecular formula is C27H29N5O9S. The van der Waals surface area contributed by atoms with Crippen LogP contribution in [-0.4, -0.2) is 62.6 Å². The van der Waals surface area contributed by atoms with Crippen LogP contribution >= 0.6 is 11.8 Å². The lowest BCUT2D eigenvalue weighted by Crippen LogP contribution is -2.29. The zero-order valence-corrected chi connectivity index (χ0v) is 23.8. The Bertz CT molecular complexity index is 1610. The Balaban J connectivity index is 0.00000114. The van der Waals surface area contributed by atoms with Gasteiger partial charge in [0.05, 0.1) is 14.2 Å². The van der Waals surface area contributed by atoms with Gasteiger partial charge in [-0.15, -0.1) is 0 Å². The number of aromatic hydroxyl groups is 1. The van der Waals surface area contributed by atoms with E-state index in [0.717, 1.165) is 24.2 Å². The van der Waals surface area contributed by atoms with E-state index in [9.17, 15) is 24.3 Å². The number of aliphatic carboxylic acids is 1. The van der Waals surface area contributed by atoms with Gasteiger partial charge in [0.1, 0.15) is 28.4 Å². The number of nitrogens with zero attached hydrogens (tertiary/aromatic N) is 1. The Kier molecular flexibility index (Phi) is 10.5. The van der Waals surface area contributed by atoms with Crippen LogP contribution in [0.25, 0.3) is 0 Å². The molecule has 1 aliphatic rings. The molecule has 1 aliphatic heterocycles. The average molecular weight is 600 g/mol. The molecule has 2 unspecified atom stereocenters. The summed E-state index contributed by atoms with van der Waals surface area (Å²) in [5.74, 6) is -1.60. The number of hydrogen-bond donors (Lipinski definition) is 6. The van der Waals surface area contributed by atoms with Crippen molar-refractivity contribution in [3.8, 4) is 17.4 Å². The van der Waals surface area contributed by atoms with Crippen molar-refractivity contribution in [3.63, 3.8) is 0 Å². The number of carboxylic acid groups (broad SMARTS) is 1. The number of aromatic amines is 2. The van der Waals surface area contributed by atoms with Gasteiger partial charge in [0.15, 0.2) is 5.17 Å². The van der Waals surface area contributed by atoms with Crippen molar-refractivity contribution in [2.75, 3.05) is 19.5 Å². The summed E-state index contributed by atoms with van der Waals surface area (Å²) in [6.07, 6.45) is -0.124. The molecule has 0 radical (unpaired) electrons. The first kappa shape index (κ1) is 31.5. The van der Waals surface area contributed by atoms with Crippen molar-refractivity contribution in [1.29, 1.82) is 0 Å². The molecule has 0 spiro atoms. The molecular weight excluding hydrogens is 570 g/mol. The second-order valence-electron chi connectivity index (χ2n) is 8.85. The van der Waals surface area contributed by atoms with E-state index < -0.39 is 40.3 Å². The number of benzene rings is 2. The number of amidine groups is 1. The summed E-state index contributed by atoms with van der Waals surface area (Å²) < 4.78 is 10.7. The number of amides is 2. The number of methoxy groups -OCH3 is 2. The molecule has 15 heteroatoms. The van der Waals surface area contributed by atoms with Crippen LogP contribution < -0.4 is 31.4 Å². The molecule has 0 saturated carbocycles. The van der Waals surface area contributed by atoms with E-state index >= 15 is 0 Å². The molecule has 0 aliphatic carbocycles. The number of aromatic nitrogens is 2. The molecule has 0 bridgehead atoms. The fraction of sp³-hybridized carbons (Fsp3) is 0.259. The zero-order chi connectivity index (χ0) is 31.0. The lowest BCUT2D eigenvalue weighted by molar-refractivity contribution is -0.134. The largest absolute Gasteiger partial charge is 0.497 e. The molecule has 42 heavy (non-hydrogen) atoms. The Labute approximate surface area is 243 Å². The number of hydrogen-bond acceptors (Lipinski definition) is 10. The van der Waals surface area contributed by atoms with E-state index in [-0.39, 0.29) is 23.1 Å². The molecule has 222 valence electrons. The second kappa shape index (κ2) is 14.0. The minimum Gasteiger partial charge on any atom is -0.497 e. The van der Waals surface area contributed by atoms with E-state index in [1.807, 2.05) is 19.1 Å². The summed E-state index contributed by atoms with van der Waals surface area (Å²) in [5, 5.41) is 22.6. The van der Waals surface area contributed by atoms with Crippen molar-refractivity contribution >= 4 is 40.4 Å².